The topological polar surface area (TPSA) is 120 Å². The standard InChI is InChI=1S/C27H27N3O7S/c1-29-25(15-6-9-17(38-5)10-7-15)24(18-13-22(36-3)23(37-4)14-19(18)27(29)32)26(31)28-20-12-16(30(33)34)8-11-21(20)35-2/h6-14,24-25H,1-5H3,(H,28,31). The molecule has 0 aromatic heterocycles. The molecule has 3 aromatic rings. The second-order valence-corrected chi connectivity index (χ2v) is 9.42. The lowest BCUT2D eigenvalue weighted by molar-refractivity contribution is -0.384. The van der Waals surface area contributed by atoms with Crippen LogP contribution in [-0.2, 0) is 4.79 Å². The molecular weight excluding hydrogens is 510 g/mol. The summed E-state index contributed by atoms with van der Waals surface area (Å²) in [6, 6.07) is 14.1. The highest BCUT2D eigenvalue weighted by Crippen LogP contribution is 2.46. The number of nitrogens with one attached hydrogen (secondary N) is 1. The highest BCUT2D eigenvalue weighted by Gasteiger charge is 2.44. The van der Waals surface area contributed by atoms with Gasteiger partial charge in [-0.25, -0.2) is 0 Å². The zero-order valence-corrected chi connectivity index (χ0v) is 22.3. The van der Waals surface area contributed by atoms with Gasteiger partial charge in [0.1, 0.15) is 5.75 Å². The lowest BCUT2D eigenvalue weighted by Gasteiger charge is -2.40. The normalized spacial score (nSPS) is 16.4. The van der Waals surface area contributed by atoms with E-state index in [0.717, 1.165) is 10.5 Å². The van der Waals surface area contributed by atoms with Gasteiger partial charge in [-0.3, -0.25) is 19.7 Å². The van der Waals surface area contributed by atoms with Crippen molar-refractivity contribution in [2.75, 3.05) is 39.9 Å². The Labute approximate surface area is 224 Å². The van der Waals surface area contributed by atoms with Crippen LogP contribution in [0, 0.1) is 10.1 Å². The molecule has 0 saturated carbocycles. The Bertz CT molecular complexity index is 1390. The molecule has 0 radical (unpaired) electrons. The van der Waals surface area contributed by atoms with E-state index < -0.39 is 22.8 Å². The fourth-order valence-corrected chi connectivity index (χ4v) is 5.07. The van der Waals surface area contributed by atoms with Crippen molar-refractivity contribution < 1.29 is 28.7 Å². The number of nitro benzene ring substituents is 1. The van der Waals surface area contributed by atoms with Gasteiger partial charge in [0, 0.05) is 29.6 Å². The third-order valence-corrected chi connectivity index (χ3v) is 7.31. The van der Waals surface area contributed by atoms with Crippen LogP contribution in [0.3, 0.4) is 0 Å². The van der Waals surface area contributed by atoms with E-state index in [-0.39, 0.29) is 23.0 Å². The van der Waals surface area contributed by atoms with Crippen molar-refractivity contribution in [3.05, 3.63) is 81.4 Å². The average molecular weight is 538 g/mol. The van der Waals surface area contributed by atoms with Crippen LogP contribution in [0.2, 0.25) is 0 Å². The molecule has 198 valence electrons. The van der Waals surface area contributed by atoms with Gasteiger partial charge in [0.25, 0.3) is 11.6 Å². The summed E-state index contributed by atoms with van der Waals surface area (Å²) in [5.41, 5.74) is 1.45. The summed E-state index contributed by atoms with van der Waals surface area (Å²) in [7, 11) is 5.99. The van der Waals surface area contributed by atoms with Crippen LogP contribution < -0.4 is 19.5 Å². The Balaban J connectivity index is 1.89. The van der Waals surface area contributed by atoms with Crippen LogP contribution in [0.5, 0.6) is 17.2 Å². The first-order valence-electron chi connectivity index (χ1n) is 11.5. The Kier molecular flexibility index (Phi) is 7.77. The first-order chi connectivity index (χ1) is 18.2. The van der Waals surface area contributed by atoms with Crippen LogP contribution >= 0.6 is 11.8 Å². The lowest BCUT2D eigenvalue weighted by Crippen LogP contribution is -2.44. The Morgan fingerprint density at radius 3 is 2.18 bits per heavy atom. The van der Waals surface area contributed by atoms with Crippen molar-refractivity contribution in [2.24, 2.45) is 0 Å². The third kappa shape index (κ3) is 4.84. The number of nitrogens with zero attached hydrogens (tertiary/aromatic N) is 2. The molecule has 0 aliphatic carbocycles. The molecular formula is C27H27N3O7S. The maximum atomic E-state index is 14.0. The maximum Gasteiger partial charge on any atom is 0.271 e. The number of carbonyl (C=O) groups excluding carboxylic acids is 2. The number of anilines is 1. The summed E-state index contributed by atoms with van der Waals surface area (Å²) in [6.45, 7) is 0. The average Bonchev–Trinajstić information content (AvgIpc) is 2.93. The summed E-state index contributed by atoms with van der Waals surface area (Å²) in [5, 5.41) is 14.2. The Morgan fingerprint density at radius 1 is 0.974 bits per heavy atom. The van der Waals surface area contributed by atoms with Crippen LogP contribution in [0.25, 0.3) is 0 Å². The molecule has 1 aliphatic rings. The zero-order valence-electron chi connectivity index (χ0n) is 21.5. The van der Waals surface area contributed by atoms with Crippen molar-refractivity contribution in [3.8, 4) is 17.2 Å². The zero-order chi connectivity index (χ0) is 27.6. The fourth-order valence-electron chi connectivity index (χ4n) is 4.67. The Hall–Kier alpha value is -4.25. The van der Waals surface area contributed by atoms with E-state index in [9.17, 15) is 19.7 Å². The van der Waals surface area contributed by atoms with Gasteiger partial charge in [0.15, 0.2) is 11.5 Å². The number of likely N-dealkylation sites (N-methyl/N-ethyl adjacent to an activating group) is 1. The first kappa shape index (κ1) is 26.8. The molecule has 38 heavy (non-hydrogen) atoms. The van der Waals surface area contributed by atoms with Gasteiger partial charge >= 0.3 is 0 Å². The number of fused-ring (bicyclic) bond motifs is 1. The highest BCUT2D eigenvalue weighted by atomic mass is 32.2. The molecule has 2 amide bonds. The second kappa shape index (κ2) is 11.0. The number of benzene rings is 3. The molecule has 10 nitrogen and oxygen atoms in total. The summed E-state index contributed by atoms with van der Waals surface area (Å²) in [6.07, 6.45) is 1.96. The predicted octanol–water partition coefficient (Wildman–Crippen LogP) is 4.89. The SMILES string of the molecule is COc1ccc([N+](=O)[O-])cc1NC(=O)C1c2cc(OC)c(OC)cc2C(=O)N(C)C1c1ccc(SC)cc1. The molecule has 0 fully saturated rings. The summed E-state index contributed by atoms with van der Waals surface area (Å²) in [4.78, 5) is 41.0. The minimum absolute atomic E-state index is 0.143. The van der Waals surface area contributed by atoms with E-state index in [0.29, 0.717) is 22.6 Å². The molecule has 0 saturated heterocycles. The van der Waals surface area contributed by atoms with E-state index in [1.807, 2.05) is 30.5 Å². The van der Waals surface area contributed by atoms with Gasteiger partial charge in [0.2, 0.25) is 5.91 Å². The number of carbonyl (C=O) groups is 2. The molecule has 1 N–H and O–H groups in total. The maximum absolute atomic E-state index is 14.0. The minimum atomic E-state index is -0.892. The van der Waals surface area contributed by atoms with Gasteiger partial charge in [-0.1, -0.05) is 12.1 Å². The summed E-state index contributed by atoms with van der Waals surface area (Å²) >= 11 is 1.58. The highest BCUT2D eigenvalue weighted by molar-refractivity contribution is 7.98. The summed E-state index contributed by atoms with van der Waals surface area (Å²) < 4.78 is 16.2. The largest absolute Gasteiger partial charge is 0.495 e. The second-order valence-electron chi connectivity index (χ2n) is 8.54. The fraction of sp³-hybridized carbons (Fsp3) is 0.259. The lowest BCUT2D eigenvalue weighted by atomic mass is 9.79. The number of thioether (sulfide) groups is 1. The van der Waals surface area contributed by atoms with Crippen molar-refractivity contribution in [1.82, 2.24) is 4.90 Å². The molecule has 1 aliphatic heterocycles. The number of amides is 2. The van der Waals surface area contributed by atoms with Gasteiger partial charge < -0.3 is 24.4 Å². The van der Waals surface area contributed by atoms with Crippen molar-refractivity contribution in [1.29, 1.82) is 0 Å². The molecule has 2 unspecified atom stereocenters. The van der Waals surface area contributed by atoms with Crippen LogP contribution in [0.1, 0.15) is 33.4 Å². The smallest absolute Gasteiger partial charge is 0.271 e. The van der Waals surface area contributed by atoms with Crippen LogP contribution in [-0.4, -0.2) is 56.3 Å². The molecule has 0 bridgehead atoms. The van der Waals surface area contributed by atoms with Crippen LogP contribution in [0.4, 0.5) is 11.4 Å². The monoisotopic (exact) mass is 537 g/mol. The van der Waals surface area contributed by atoms with Crippen molar-refractivity contribution >= 4 is 35.0 Å². The molecule has 0 spiro atoms. The molecule has 11 heteroatoms. The van der Waals surface area contributed by atoms with Gasteiger partial charge in [0.05, 0.1) is 43.9 Å². The summed E-state index contributed by atoms with van der Waals surface area (Å²) in [5.74, 6) is -0.664. The third-order valence-electron chi connectivity index (χ3n) is 6.57. The molecule has 4 rings (SSSR count). The first-order valence-corrected chi connectivity index (χ1v) is 12.8. The van der Waals surface area contributed by atoms with Crippen molar-refractivity contribution in [3.63, 3.8) is 0 Å². The molecule has 2 atom stereocenters. The quantitative estimate of drug-likeness (QED) is 0.245. The number of hydrogen-bond acceptors (Lipinski definition) is 8. The Morgan fingerprint density at radius 2 is 1.61 bits per heavy atom. The number of nitro groups is 1. The number of non-ortho nitro benzene ring substituents is 1. The van der Waals surface area contributed by atoms with E-state index >= 15 is 0 Å². The van der Waals surface area contributed by atoms with E-state index in [4.69, 9.17) is 14.2 Å². The predicted molar refractivity (Wildman–Crippen MR) is 144 cm³/mol. The number of ether oxygens (including phenoxy) is 3. The van der Waals surface area contributed by atoms with E-state index in [2.05, 4.69) is 5.32 Å². The number of rotatable bonds is 8. The number of hydrogen-bond donors (Lipinski definition) is 1. The van der Waals surface area contributed by atoms with Gasteiger partial charge in [-0.05, 0) is 47.7 Å². The minimum Gasteiger partial charge on any atom is -0.495 e. The molecule has 3 aromatic carbocycles. The van der Waals surface area contributed by atoms with Crippen LogP contribution in [0.15, 0.2) is 59.5 Å². The van der Waals surface area contributed by atoms with E-state index in [1.54, 1.807) is 30.9 Å². The van der Waals surface area contributed by atoms with Crippen molar-refractivity contribution in [2.45, 2.75) is 16.9 Å². The molecule has 1 heterocycles. The van der Waals surface area contributed by atoms with Gasteiger partial charge in [-0.15, -0.1) is 11.8 Å². The van der Waals surface area contributed by atoms with E-state index in [1.165, 1.54) is 44.4 Å². The van der Waals surface area contributed by atoms with Gasteiger partial charge in [-0.2, -0.15) is 0 Å². The number of methoxy groups -OCH3 is 3.